The maximum absolute atomic E-state index is 14.4. The highest BCUT2D eigenvalue weighted by Crippen LogP contribution is 2.40. The van der Waals surface area contributed by atoms with Crippen molar-refractivity contribution in [3.05, 3.63) is 45.6 Å². The van der Waals surface area contributed by atoms with Crippen molar-refractivity contribution < 1.29 is 4.39 Å². The number of hydrogen-bond acceptors (Lipinski definition) is 2. The van der Waals surface area contributed by atoms with Crippen LogP contribution in [-0.4, -0.2) is 9.97 Å². The quantitative estimate of drug-likeness (QED) is 0.747. The Morgan fingerprint density at radius 1 is 1.15 bits per heavy atom. The van der Waals surface area contributed by atoms with Gasteiger partial charge in [-0.2, -0.15) is 0 Å². The van der Waals surface area contributed by atoms with E-state index in [0.717, 1.165) is 35.4 Å². The molecule has 1 aliphatic carbocycles. The van der Waals surface area contributed by atoms with Crippen LogP contribution >= 0.6 is 11.6 Å². The fourth-order valence-corrected chi connectivity index (χ4v) is 2.66. The van der Waals surface area contributed by atoms with Crippen molar-refractivity contribution in [2.75, 3.05) is 0 Å². The van der Waals surface area contributed by atoms with Crippen molar-refractivity contribution in [3.63, 3.8) is 0 Å². The van der Waals surface area contributed by atoms with Crippen LogP contribution in [0.1, 0.15) is 41.3 Å². The van der Waals surface area contributed by atoms with Crippen LogP contribution in [0.5, 0.6) is 0 Å². The first kappa shape index (κ1) is 13.5. The molecular formula is C16H16ClFN2. The summed E-state index contributed by atoms with van der Waals surface area (Å²) in [5.41, 5.74) is 3.69. The minimum atomic E-state index is -0.248. The number of halogens is 2. The summed E-state index contributed by atoms with van der Waals surface area (Å²) < 4.78 is 14.4. The molecule has 4 heteroatoms. The second kappa shape index (κ2) is 4.81. The van der Waals surface area contributed by atoms with Gasteiger partial charge in [-0.3, -0.25) is 0 Å². The number of aryl methyl sites for hydroxylation is 2. The van der Waals surface area contributed by atoms with E-state index in [1.165, 1.54) is 6.07 Å². The summed E-state index contributed by atoms with van der Waals surface area (Å²) >= 11 is 6.20. The largest absolute Gasteiger partial charge is 0.232 e. The zero-order valence-corrected chi connectivity index (χ0v) is 12.6. The third kappa shape index (κ3) is 2.31. The predicted octanol–water partition coefficient (Wildman–Crippen LogP) is 4.74. The Balaban J connectivity index is 2.23. The van der Waals surface area contributed by atoms with Gasteiger partial charge in [-0.05, 0) is 50.8 Å². The molecule has 2 nitrogen and oxygen atoms in total. The predicted molar refractivity (Wildman–Crippen MR) is 78.6 cm³/mol. The summed E-state index contributed by atoms with van der Waals surface area (Å²) in [6, 6.07) is 3.50. The van der Waals surface area contributed by atoms with Gasteiger partial charge >= 0.3 is 0 Å². The van der Waals surface area contributed by atoms with Crippen LogP contribution in [0.4, 0.5) is 4.39 Å². The lowest BCUT2D eigenvalue weighted by Gasteiger charge is -2.13. The molecule has 0 atom stereocenters. The fourth-order valence-electron chi connectivity index (χ4n) is 2.49. The van der Waals surface area contributed by atoms with E-state index in [1.54, 1.807) is 0 Å². The molecule has 0 radical (unpaired) electrons. The van der Waals surface area contributed by atoms with Gasteiger partial charge in [0, 0.05) is 17.0 Å². The monoisotopic (exact) mass is 290 g/mol. The lowest BCUT2D eigenvalue weighted by Crippen LogP contribution is -2.02. The van der Waals surface area contributed by atoms with E-state index >= 15 is 0 Å². The number of rotatable bonds is 2. The van der Waals surface area contributed by atoms with Gasteiger partial charge in [0.25, 0.3) is 0 Å². The van der Waals surface area contributed by atoms with E-state index in [2.05, 4.69) is 9.97 Å². The summed E-state index contributed by atoms with van der Waals surface area (Å²) in [4.78, 5) is 8.91. The first-order chi connectivity index (χ1) is 9.47. The van der Waals surface area contributed by atoms with Crippen LogP contribution in [0.25, 0.3) is 11.3 Å². The highest BCUT2D eigenvalue weighted by atomic mass is 35.5. The Hall–Kier alpha value is -1.48. The second-order valence-electron chi connectivity index (χ2n) is 5.56. The molecule has 1 fully saturated rings. The second-order valence-corrected chi connectivity index (χ2v) is 5.92. The molecule has 0 aliphatic heterocycles. The number of nitrogens with zero attached hydrogens (tertiary/aromatic N) is 2. The van der Waals surface area contributed by atoms with Crippen molar-refractivity contribution in [3.8, 4) is 11.3 Å². The highest BCUT2D eigenvalue weighted by Gasteiger charge is 2.28. The Bertz CT molecular complexity index is 670. The molecule has 0 saturated heterocycles. The molecule has 3 rings (SSSR count). The van der Waals surface area contributed by atoms with Gasteiger partial charge in [-0.1, -0.05) is 17.7 Å². The molecular weight excluding hydrogens is 275 g/mol. The van der Waals surface area contributed by atoms with E-state index in [-0.39, 0.29) is 5.82 Å². The summed E-state index contributed by atoms with van der Waals surface area (Å²) in [5.74, 6) is 0.887. The molecule has 1 heterocycles. The molecule has 0 amide bonds. The van der Waals surface area contributed by atoms with Crippen molar-refractivity contribution >= 4 is 11.6 Å². The van der Waals surface area contributed by atoms with Gasteiger partial charge in [0.15, 0.2) is 0 Å². The first-order valence-corrected chi connectivity index (χ1v) is 7.16. The molecule has 0 spiro atoms. The topological polar surface area (TPSA) is 25.8 Å². The zero-order valence-electron chi connectivity index (χ0n) is 11.8. The molecule has 1 saturated carbocycles. The molecule has 1 aromatic heterocycles. The Morgan fingerprint density at radius 2 is 1.85 bits per heavy atom. The fraction of sp³-hybridized carbons (Fsp3) is 0.375. The Morgan fingerprint density at radius 3 is 2.45 bits per heavy atom. The van der Waals surface area contributed by atoms with Crippen LogP contribution in [0.15, 0.2) is 12.1 Å². The van der Waals surface area contributed by atoms with Gasteiger partial charge in [0.1, 0.15) is 16.8 Å². The Kier molecular flexibility index (Phi) is 3.25. The van der Waals surface area contributed by atoms with Crippen LogP contribution < -0.4 is 0 Å². The average Bonchev–Trinajstić information content (AvgIpc) is 3.17. The van der Waals surface area contributed by atoms with Crippen LogP contribution in [-0.2, 0) is 0 Å². The highest BCUT2D eigenvalue weighted by molar-refractivity contribution is 6.30. The molecule has 0 N–H and O–H groups in total. The maximum Gasteiger partial charge on any atom is 0.136 e. The Labute approximate surface area is 123 Å². The van der Waals surface area contributed by atoms with E-state index < -0.39 is 0 Å². The lowest BCUT2D eigenvalue weighted by molar-refractivity contribution is 0.628. The summed E-state index contributed by atoms with van der Waals surface area (Å²) in [7, 11) is 0. The molecule has 2 aromatic rings. The zero-order chi connectivity index (χ0) is 14.4. The van der Waals surface area contributed by atoms with E-state index in [1.807, 2.05) is 26.8 Å². The van der Waals surface area contributed by atoms with Crippen molar-refractivity contribution in [1.29, 1.82) is 0 Å². The van der Waals surface area contributed by atoms with Gasteiger partial charge in [0.05, 0.1) is 5.69 Å². The van der Waals surface area contributed by atoms with E-state index in [9.17, 15) is 4.39 Å². The summed E-state index contributed by atoms with van der Waals surface area (Å²) in [5, 5.41) is 0.427. The van der Waals surface area contributed by atoms with Gasteiger partial charge in [0.2, 0.25) is 0 Å². The third-order valence-electron chi connectivity index (χ3n) is 3.71. The standard InChI is InChI=1S/C16H16ClFN2/c1-8-6-9(2)13(12(18)7-8)14-10(3)15(17)20-16(19-14)11-4-5-11/h6-7,11H,4-5H2,1-3H3. The van der Waals surface area contributed by atoms with Crippen molar-refractivity contribution in [2.45, 2.75) is 39.5 Å². The molecule has 1 aromatic carbocycles. The number of benzene rings is 1. The van der Waals surface area contributed by atoms with Crippen LogP contribution in [0, 0.1) is 26.6 Å². The van der Waals surface area contributed by atoms with Gasteiger partial charge < -0.3 is 0 Å². The van der Waals surface area contributed by atoms with Crippen LogP contribution in [0.2, 0.25) is 5.15 Å². The normalized spacial score (nSPS) is 14.7. The van der Waals surface area contributed by atoms with E-state index in [0.29, 0.717) is 22.3 Å². The number of aromatic nitrogens is 2. The van der Waals surface area contributed by atoms with Gasteiger partial charge in [-0.25, -0.2) is 14.4 Å². The van der Waals surface area contributed by atoms with Crippen molar-refractivity contribution in [2.24, 2.45) is 0 Å². The van der Waals surface area contributed by atoms with Gasteiger partial charge in [-0.15, -0.1) is 0 Å². The molecule has 20 heavy (non-hydrogen) atoms. The molecule has 0 unspecified atom stereocenters. The first-order valence-electron chi connectivity index (χ1n) is 6.78. The lowest BCUT2D eigenvalue weighted by atomic mass is 9.99. The SMILES string of the molecule is Cc1cc(C)c(-c2nc(C3CC3)nc(Cl)c2C)c(F)c1. The molecule has 1 aliphatic rings. The summed E-state index contributed by atoms with van der Waals surface area (Å²) in [6.07, 6.45) is 2.18. The minimum Gasteiger partial charge on any atom is -0.232 e. The van der Waals surface area contributed by atoms with Crippen molar-refractivity contribution in [1.82, 2.24) is 9.97 Å². The smallest absolute Gasteiger partial charge is 0.136 e. The molecule has 104 valence electrons. The third-order valence-corrected chi connectivity index (χ3v) is 4.08. The van der Waals surface area contributed by atoms with Crippen LogP contribution in [0.3, 0.4) is 0 Å². The number of hydrogen-bond donors (Lipinski definition) is 0. The minimum absolute atomic E-state index is 0.248. The maximum atomic E-state index is 14.4. The summed E-state index contributed by atoms with van der Waals surface area (Å²) in [6.45, 7) is 5.63. The molecule has 0 bridgehead atoms. The van der Waals surface area contributed by atoms with E-state index in [4.69, 9.17) is 11.6 Å². The average molecular weight is 291 g/mol.